The van der Waals surface area contributed by atoms with Crippen molar-refractivity contribution in [2.45, 2.75) is 25.8 Å². The van der Waals surface area contributed by atoms with E-state index in [9.17, 15) is 9.90 Å². The van der Waals surface area contributed by atoms with E-state index in [1.807, 2.05) is 26.0 Å². The van der Waals surface area contributed by atoms with E-state index in [1.54, 1.807) is 17.0 Å². The molecule has 4 heteroatoms. The Labute approximate surface area is 106 Å². The first-order valence-electron chi connectivity index (χ1n) is 5.66. The molecule has 2 rings (SSSR count). The molecule has 1 N–H and O–H groups in total. The van der Waals surface area contributed by atoms with E-state index < -0.39 is 0 Å². The zero-order valence-electron chi connectivity index (χ0n) is 9.98. The predicted molar refractivity (Wildman–Crippen MR) is 68.2 cm³/mol. The Morgan fingerprint density at radius 2 is 2.00 bits per heavy atom. The summed E-state index contributed by atoms with van der Waals surface area (Å²) in [5.74, 6) is 0.0297. The Morgan fingerprint density at radius 3 is 2.47 bits per heavy atom. The molecule has 0 saturated carbocycles. The molecule has 17 heavy (non-hydrogen) atoms. The number of amides is 1. The van der Waals surface area contributed by atoms with Crippen molar-refractivity contribution in [2.75, 3.05) is 11.5 Å². The number of halogens is 1. The van der Waals surface area contributed by atoms with Gasteiger partial charge in [0.05, 0.1) is 0 Å². The molecule has 1 aliphatic rings. The molecule has 1 aromatic carbocycles. The molecule has 1 saturated heterocycles. The van der Waals surface area contributed by atoms with Crippen molar-refractivity contribution in [3.8, 4) is 0 Å². The van der Waals surface area contributed by atoms with Crippen LogP contribution in [0.15, 0.2) is 24.3 Å². The average molecular weight is 254 g/mol. The van der Waals surface area contributed by atoms with Crippen LogP contribution in [-0.2, 0) is 4.79 Å². The van der Waals surface area contributed by atoms with Gasteiger partial charge >= 0.3 is 0 Å². The number of hydrogen-bond acceptors (Lipinski definition) is 2. The highest BCUT2D eigenvalue weighted by molar-refractivity contribution is 6.30. The molecule has 1 unspecified atom stereocenters. The maximum absolute atomic E-state index is 12.0. The Bertz CT molecular complexity index is 428. The predicted octanol–water partition coefficient (Wildman–Crippen LogP) is 2.46. The van der Waals surface area contributed by atoms with Crippen LogP contribution in [0.2, 0.25) is 5.02 Å². The smallest absolute Gasteiger partial charge is 0.227 e. The standard InChI is InChI=1S/C13H16ClNO2/c1-13(2)9(8-16)7-12(17)15(13)11-5-3-10(14)4-6-11/h3-6,9,16H,7-8H2,1-2H3. The van der Waals surface area contributed by atoms with Gasteiger partial charge in [0.1, 0.15) is 0 Å². The first-order chi connectivity index (χ1) is 7.96. The first-order valence-corrected chi connectivity index (χ1v) is 6.04. The van der Waals surface area contributed by atoms with E-state index in [0.29, 0.717) is 11.4 Å². The van der Waals surface area contributed by atoms with Crippen LogP contribution in [0.1, 0.15) is 20.3 Å². The van der Waals surface area contributed by atoms with E-state index in [2.05, 4.69) is 0 Å². The Hall–Kier alpha value is -1.06. The fraction of sp³-hybridized carbons (Fsp3) is 0.462. The molecule has 1 aliphatic heterocycles. The SMILES string of the molecule is CC1(C)C(CO)CC(=O)N1c1ccc(Cl)cc1. The second kappa shape index (κ2) is 4.31. The summed E-state index contributed by atoms with van der Waals surface area (Å²) >= 11 is 5.84. The van der Waals surface area contributed by atoms with Gasteiger partial charge in [0, 0.05) is 35.2 Å². The van der Waals surface area contributed by atoms with Crippen molar-refractivity contribution in [3.05, 3.63) is 29.3 Å². The van der Waals surface area contributed by atoms with Crippen LogP contribution in [0.3, 0.4) is 0 Å². The number of rotatable bonds is 2. The third-order valence-electron chi connectivity index (χ3n) is 3.55. The molecule has 0 aliphatic carbocycles. The third kappa shape index (κ3) is 2.05. The molecule has 0 spiro atoms. The molecular weight excluding hydrogens is 238 g/mol. The van der Waals surface area contributed by atoms with Gasteiger partial charge in [0.15, 0.2) is 0 Å². The second-order valence-electron chi connectivity index (χ2n) is 4.94. The fourth-order valence-corrected chi connectivity index (χ4v) is 2.54. The summed E-state index contributed by atoms with van der Waals surface area (Å²) in [7, 11) is 0. The molecular formula is C13H16ClNO2. The first kappa shape index (κ1) is 12.4. The van der Waals surface area contributed by atoms with Gasteiger partial charge in [-0.25, -0.2) is 0 Å². The minimum atomic E-state index is -0.361. The molecule has 0 aromatic heterocycles. The van der Waals surface area contributed by atoms with Crippen LogP contribution in [0.5, 0.6) is 0 Å². The summed E-state index contributed by atoms with van der Waals surface area (Å²) in [4.78, 5) is 13.8. The van der Waals surface area contributed by atoms with Crippen LogP contribution < -0.4 is 4.90 Å². The van der Waals surface area contributed by atoms with Crippen molar-refractivity contribution in [3.63, 3.8) is 0 Å². The van der Waals surface area contributed by atoms with E-state index in [4.69, 9.17) is 11.6 Å². The van der Waals surface area contributed by atoms with Gasteiger partial charge in [-0.15, -0.1) is 0 Å². The summed E-state index contributed by atoms with van der Waals surface area (Å²) in [6.45, 7) is 3.99. The van der Waals surface area contributed by atoms with Crippen LogP contribution in [0, 0.1) is 5.92 Å². The van der Waals surface area contributed by atoms with E-state index in [-0.39, 0.29) is 24.0 Å². The van der Waals surface area contributed by atoms with Crippen LogP contribution in [0.4, 0.5) is 5.69 Å². The molecule has 1 heterocycles. The number of carbonyl (C=O) groups is 1. The normalized spacial score (nSPS) is 23.2. The van der Waals surface area contributed by atoms with Crippen molar-refractivity contribution >= 4 is 23.2 Å². The molecule has 1 fully saturated rings. The van der Waals surface area contributed by atoms with Gasteiger partial charge in [-0.1, -0.05) is 11.6 Å². The molecule has 1 aromatic rings. The summed E-state index contributed by atoms with van der Waals surface area (Å²) in [5.41, 5.74) is 0.472. The van der Waals surface area contributed by atoms with Crippen molar-refractivity contribution in [1.29, 1.82) is 0 Å². The van der Waals surface area contributed by atoms with Gasteiger partial charge in [0.25, 0.3) is 0 Å². The van der Waals surface area contributed by atoms with Gasteiger partial charge in [-0.2, -0.15) is 0 Å². The highest BCUT2D eigenvalue weighted by Crippen LogP contribution is 2.39. The summed E-state index contributed by atoms with van der Waals surface area (Å²) in [5, 5.41) is 9.98. The topological polar surface area (TPSA) is 40.5 Å². The molecule has 0 bridgehead atoms. The minimum Gasteiger partial charge on any atom is -0.396 e. The van der Waals surface area contributed by atoms with E-state index in [1.165, 1.54) is 0 Å². The van der Waals surface area contributed by atoms with Gasteiger partial charge in [0.2, 0.25) is 5.91 Å². The molecule has 3 nitrogen and oxygen atoms in total. The van der Waals surface area contributed by atoms with Crippen molar-refractivity contribution in [1.82, 2.24) is 0 Å². The maximum Gasteiger partial charge on any atom is 0.227 e. The van der Waals surface area contributed by atoms with E-state index in [0.717, 1.165) is 5.69 Å². The lowest BCUT2D eigenvalue weighted by Gasteiger charge is -2.35. The number of aliphatic hydroxyl groups is 1. The average Bonchev–Trinajstić information content (AvgIpc) is 2.50. The Balaban J connectivity index is 2.37. The van der Waals surface area contributed by atoms with Crippen LogP contribution >= 0.6 is 11.6 Å². The number of carbonyl (C=O) groups excluding carboxylic acids is 1. The number of nitrogens with zero attached hydrogens (tertiary/aromatic N) is 1. The Morgan fingerprint density at radius 1 is 1.41 bits per heavy atom. The second-order valence-corrected chi connectivity index (χ2v) is 5.38. The molecule has 1 atom stereocenters. The van der Waals surface area contributed by atoms with Crippen LogP contribution in [-0.4, -0.2) is 23.2 Å². The monoisotopic (exact) mass is 253 g/mol. The highest BCUT2D eigenvalue weighted by atomic mass is 35.5. The third-order valence-corrected chi connectivity index (χ3v) is 3.80. The molecule has 1 amide bonds. The number of anilines is 1. The van der Waals surface area contributed by atoms with Gasteiger partial charge < -0.3 is 10.0 Å². The lowest BCUT2D eigenvalue weighted by atomic mass is 9.89. The van der Waals surface area contributed by atoms with Crippen molar-refractivity contribution in [2.24, 2.45) is 5.92 Å². The zero-order valence-corrected chi connectivity index (χ0v) is 10.7. The summed E-state index contributed by atoms with van der Waals surface area (Å²) in [6, 6.07) is 7.21. The fourth-order valence-electron chi connectivity index (χ4n) is 2.41. The minimum absolute atomic E-state index is 0.0225. The molecule has 0 radical (unpaired) electrons. The van der Waals surface area contributed by atoms with Gasteiger partial charge in [-0.05, 0) is 38.1 Å². The number of hydrogen-bond donors (Lipinski definition) is 1. The number of benzene rings is 1. The lowest BCUT2D eigenvalue weighted by Crippen LogP contribution is -2.45. The maximum atomic E-state index is 12.0. The zero-order chi connectivity index (χ0) is 12.6. The van der Waals surface area contributed by atoms with Gasteiger partial charge in [-0.3, -0.25) is 4.79 Å². The Kier molecular flexibility index (Phi) is 3.15. The van der Waals surface area contributed by atoms with Crippen molar-refractivity contribution < 1.29 is 9.90 Å². The largest absolute Gasteiger partial charge is 0.396 e. The van der Waals surface area contributed by atoms with Crippen LogP contribution in [0.25, 0.3) is 0 Å². The highest BCUT2D eigenvalue weighted by Gasteiger charge is 2.46. The molecule has 92 valence electrons. The van der Waals surface area contributed by atoms with E-state index >= 15 is 0 Å². The summed E-state index contributed by atoms with van der Waals surface area (Å²) in [6.07, 6.45) is 0.395. The lowest BCUT2D eigenvalue weighted by molar-refractivity contribution is -0.117. The number of aliphatic hydroxyl groups excluding tert-OH is 1. The summed E-state index contributed by atoms with van der Waals surface area (Å²) < 4.78 is 0. The quantitative estimate of drug-likeness (QED) is 0.880.